The minimum Gasteiger partial charge on any atom is -0.450 e. The second-order valence-electron chi connectivity index (χ2n) is 2.59. The molecule has 0 saturated carbocycles. The largest absolute Gasteiger partial charge is 0.450 e. The molecular weight excluding hydrogens is 190 g/mol. The van der Waals surface area contributed by atoms with Crippen molar-refractivity contribution in [2.75, 3.05) is 5.75 Å². The van der Waals surface area contributed by atoms with Crippen LogP contribution < -0.4 is 0 Å². The predicted octanol–water partition coefficient (Wildman–Crippen LogP) is 1.28. The van der Waals surface area contributed by atoms with Crippen molar-refractivity contribution < 1.29 is 12.8 Å². The number of nitrogens with zero attached hydrogens (tertiary/aromatic N) is 1. The van der Waals surface area contributed by atoms with Crippen LogP contribution in [0.3, 0.4) is 0 Å². The molecule has 0 saturated heterocycles. The first kappa shape index (κ1) is 9.81. The Balaban J connectivity index is 2.89. The summed E-state index contributed by atoms with van der Waals surface area (Å²) in [5.74, 6) is 0.367. The summed E-state index contributed by atoms with van der Waals surface area (Å²) in [6, 6.07) is 4.77. The van der Waals surface area contributed by atoms with E-state index in [0.29, 0.717) is 5.76 Å². The normalized spacial score (nSPS) is 11.1. The number of aryl methyl sites for hydroxylation is 1. The summed E-state index contributed by atoms with van der Waals surface area (Å²) in [7, 11) is -3.39. The molecule has 0 N–H and O–H groups in total. The number of hydrogen-bond acceptors (Lipinski definition) is 4. The van der Waals surface area contributed by atoms with Crippen molar-refractivity contribution in [3.05, 3.63) is 17.9 Å². The van der Waals surface area contributed by atoms with Crippen LogP contribution in [-0.2, 0) is 9.84 Å². The predicted molar refractivity (Wildman–Crippen MR) is 45.7 cm³/mol. The van der Waals surface area contributed by atoms with Crippen molar-refractivity contribution in [2.24, 2.45) is 0 Å². The SMILES string of the molecule is Cc1ccc(S(=O)(=O)CCC#N)o1. The Kier molecular flexibility index (Phi) is 2.73. The van der Waals surface area contributed by atoms with Gasteiger partial charge < -0.3 is 4.42 Å². The van der Waals surface area contributed by atoms with E-state index in [1.807, 2.05) is 0 Å². The molecule has 0 unspecified atom stereocenters. The lowest BCUT2D eigenvalue weighted by Gasteiger charge is -1.95. The molecule has 70 valence electrons. The van der Waals surface area contributed by atoms with Crippen LogP contribution in [0.25, 0.3) is 0 Å². The molecular formula is C8H9NO3S. The van der Waals surface area contributed by atoms with Gasteiger partial charge in [-0.3, -0.25) is 0 Å². The van der Waals surface area contributed by atoms with E-state index < -0.39 is 9.84 Å². The fraction of sp³-hybridized carbons (Fsp3) is 0.375. The van der Waals surface area contributed by atoms with E-state index >= 15 is 0 Å². The standard InChI is InChI=1S/C8H9NO3S/c1-7-3-4-8(12-7)13(10,11)6-2-5-9/h3-4H,2,6H2,1H3. The van der Waals surface area contributed by atoms with Crippen molar-refractivity contribution >= 4 is 9.84 Å². The van der Waals surface area contributed by atoms with Crippen molar-refractivity contribution in [1.29, 1.82) is 5.26 Å². The Morgan fingerprint density at radius 3 is 2.69 bits per heavy atom. The highest BCUT2D eigenvalue weighted by Crippen LogP contribution is 2.14. The highest BCUT2D eigenvalue weighted by atomic mass is 32.2. The van der Waals surface area contributed by atoms with Crippen molar-refractivity contribution in [1.82, 2.24) is 0 Å². The second kappa shape index (κ2) is 3.62. The van der Waals surface area contributed by atoms with Crippen LogP contribution in [0.1, 0.15) is 12.2 Å². The molecule has 0 amide bonds. The van der Waals surface area contributed by atoms with Gasteiger partial charge >= 0.3 is 0 Å². The molecule has 13 heavy (non-hydrogen) atoms. The lowest BCUT2D eigenvalue weighted by atomic mass is 10.5. The molecule has 0 aliphatic rings. The van der Waals surface area contributed by atoms with Gasteiger partial charge in [-0.15, -0.1) is 0 Å². The summed E-state index contributed by atoms with van der Waals surface area (Å²) < 4.78 is 27.7. The molecule has 1 rings (SSSR count). The van der Waals surface area contributed by atoms with Gasteiger partial charge in [-0.2, -0.15) is 5.26 Å². The zero-order chi connectivity index (χ0) is 9.90. The fourth-order valence-electron chi connectivity index (χ4n) is 0.860. The number of sulfone groups is 1. The monoisotopic (exact) mass is 199 g/mol. The van der Waals surface area contributed by atoms with Crippen LogP contribution in [0.4, 0.5) is 0 Å². The average molecular weight is 199 g/mol. The lowest BCUT2D eigenvalue weighted by molar-refractivity contribution is 0.429. The molecule has 0 fully saturated rings. The maximum atomic E-state index is 11.4. The Bertz CT molecular complexity index is 424. The van der Waals surface area contributed by atoms with E-state index in [4.69, 9.17) is 9.68 Å². The summed E-state index contributed by atoms with van der Waals surface area (Å²) in [6.45, 7) is 1.67. The molecule has 5 heteroatoms. The third-order valence-corrected chi connectivity index (χ3v) is 3.08. The molecule has 4 nitrogen and oxygen atoms in total. The summed E-state index contributed by atoms with van der Waals surface area (Å²) in [6.07, 6.45) is -0.0118. The highest BCUT2D eigenvalue weighted by Gasteiger charge is 2.17. The smallest absolute Gasteiger partial charge is 0.218 e. The van der Waals surface area contributed by atoms with Crippen molar-refractivity contribution in [3.8, 4) is 6.07 Å². The molecule has 1 aromatic heterocycles. The van der Waals surface area contributed by atoms with Gasteiger partial charge in [0.05, 0.1) is 11.8 Å². The summed E-state index contributed by atoms with van der Waals surface area (Å²) in [5.41, 5.74) is 0. The van der Waals surface area contributed by atoms with Crippen LogP contribution in [-0.4, -0.2) is 14.2 Å². The molecule has 0 atom stereocenters. The third-order valence-electron chi connectivity index (χ3n) is 1.50. The Morgan fingerprint density at radius 1 is 1.54 bits per heavy atom. The zero-order valence-corrected chi connectivity index (χ0v) is 7.97. The van der Waals surface area contributed by atoms with E-state index in [-0.39, 0.29) is 17.3 Å². The summed E-state index contributed by atoms with van der Waals surface area (Å²) in [5, 5.41) is 8.18. The van der Waals surface area contributed by atoms with Gasteiger partial charge in [-0.05, 0) is 19.1 Å². The molecule has 1 heterocycles. The zero-order valence-electron chi connectivity index (χ0n) is 7.15. The van der Waals surface area contributed by atoms with Gasteiger partial charge in [0.25, 0.3) is 0 Å². The minimum absolute atomic E-state index is 0.0118. The van der Waals surface area contributed by atoms with E-state index in [2.05, 4.69) is 0 Å². The molecule has 0 bridgehead atoms. The summed E-state index contributed by atoms with van der Waals surface area (Å²) >= 11 is 0. The van der Waals surface area contributed by atoms with E-state index in [9.17, 15) is 8.42 Å². The quantitative estimate of drug-likeness (QED) is 0.735. The maximum absolute atomic E-state index is 11.4. The van der Waals surface area contributed by atoms with Crippen molar-refractivity contribution in [2.45, 2.75) is 18.4 Å². The van der Waals surface area contributed by atoms with Gasteiger partial charge in [0.15, 0.2) is 0 Å². The number of furan rings is 1. The van der Waals surface area contributed by atoms with Gasteiger partial charge in [-0.25, -0.2) is 8.42 Å². The minimum atomic E-state index is -3.39. The van der Waals surface area contributed by atoms with Crippen LogP contribution in [0.5, 0.6) is 0 Å². The average Bonchev–Trinajstić information content (AvgIpc) is 2.49. The first-order valence-corrected chi connectivity index (χ1v) is 5.37. The lowest BCUT2D eigenvalue weighted by Crippen LogP contribution is -2.04. The molecule has 0 radical (unpaired) electrons. The van der Waals surface area contributed by atoms with E-state index in [1.165, 1.54) is 6.07 Å². The van der Waals surface area contributed by atoms with E-state index in [0.717, 1.165) is 0 Å². The van der Waals surface area contributed by atoms with Gasteiger partial charge in [-0.1, -0.05) is 0 Å². The number of rotatable bonds is 3. The first-order chi connectivity index (χ1) is 6.06. The maximum Gasteiger partial charge on any atom is 0.218 e. The molecule has 0 aromatic carbocycles. The third kappa shape index (κ3) is 2.33. The van der Waals surface area contributed by atoms with Gasteiger partial charge in [0, 0.05) is 6.42 Å². The molecule has 0 spiro atoms. The van der Waals surface area contributed by atoms with Crippen LogP contribution >= 0.6 is 0 Å². The fourth-order valence-corrected chi connectivity index (χ4v) is 1.95. The van der Waals surface area contributed by atoms with Gasteiger partial charge in [0.2, 0.25) is 14.9 Å². The molecule has 0 aliphatic carbocycles. The Hall–Kier alpha value is -1.28. The Labute approximate surface area is 76.7 Å². The van der Waals surface area contributed by atoms with Gasteiger partial charge in [0.1, 0.15) is 5.76 Å². The molecule has 1 aromatic rings. The second-order valence-corrected chi connectivity index (χ2v) is 4.63. The van der Waals surface area contributed by atoms with Crippen LogP contribution in [0, 0.1) is 18.3 Å². The van der Waals surface area contributed by atoms with Crippen LogP contribution in [0.15, 0.2) is 21.6 Å². The first-order valence-electron chi connectivity index (χ1n) is 3.72. The van der Waals surface area contributed by atoms with Crippen LogP contribution in [0.2, 0.25) is 0 Å². The highest BCUT2D eigenvalue weighted by molar-refractivity contribution is 7.91. The molecule has 0 aliphatic heterocycles. The van der Waals surface area contributed by atoms with E-state index in [1.54, 1.807) is 19.1 Å². The number of nitriles is 1. The van der Waals surface area contributed by atoms with Crippen molar-refractivity contribution in [3.63, 3.8) is 0 Å². The topological polar surface area (TPSA) is 71.1 Å². The Morgan fingerprint density at radius 2 is 2.23 bits per heavy atom. The number of hydrogen-bond donors (Lipinski definition) is 0. The summed E-state index contributed by atoms with van der Waals surface area (Å²) in [4.78, 5) is 0.